The molecule has 0 saturated heterocycles. The Kier molecular flexibility index (Phi) is 3.43. The number of rotatable bonds is 2. The normalized spacial score (nSPS) is 11.0. The smallest absolute Gasteiger partial charge is 0.337 e. The van der Waals surface area contributed by atoms with Crippen LogP contribution < -0.4 is 5.43 Å². The number of benzene rings is 2. The highest BCUT2D eigenvalue weighted by molar-refractivity contribution is 7.98. The van der Waals surface area contributed by atoms with Crippen molar-refractivity contribution < 1.29 is 13.9 Å². The summed E-state index contributed by atoms with van der Waals surface area (Å²) in [5, 5.41) is 0.889. The monoisotopic (exact) mass is 300 g/mol. The summed E-state index contributed by atoms with van der Waals surface area (Å²) in [6.45, 7) is 0. The van der Waals surface area contributed by atoms with Crippen molar-refractivity contribution in [1.29, 1.82) is 0 Å². The highest BCUT2D eigenvalue weighted by Gasteiger charge is 2.12. The molecular formula is C16H12O4S. The molecule has 0 aliphatic heterocycles. The average Bonchev–Trinajstić information content (AvgIpc) is 2.54. The fraction of sp³-hybridized carbons (Fsp3) is 0.125. The lowest BCUT2D eigenvalue weighted by molar-refractivity contribution is 0.0601. The molecule has 0 radical (unpaired) electrons. The minimum absolute atomic E-state index is 0.145. The quantitative estimate of drug-likeness (QED) is 0.412. The van der Waals surface area contributed by atoms with Crippen LogP contribution in [0.25, 0.3) is 21.9 Å². The van der Waals surface area contributed by atoms with Crippen LogP contribution in [0.15, 0.2) is 50.5 Å². The van der Waals surface area contributed by atoms with Gasteiger partial charge in [-0.2, -0.15) is 0 Å². The van der Waals surface area contributed by atoms with Crippen LogP contribution in [0.2, 0.25) is 0 Å². The molecule has 1 aromatic heterocycles. The fourth-order valence-corrected chi connectivity index (χ4v) is 2.65. The van der Waals surface area contributed by atoms with Gasteiger partial charge in [0, 0.05) is 4.90 Å². The van der Waals surface area contributed by atoms with Crippen LogP contribution >= 0.6 is 11.8 Å². The number of fused-ring (bicyclic) bond motifs is 2. The molecule has 0 aliphatic rings. The van der Waals surface area contributed by atoms with Crippen molar-refractivity contribution in [3.63, 3.8) is 0 Å². The summed E-state index contributed by atoms with van der Waals surface area (Å²) < 4.78 is 10.4. The predicted octanol–water partition coefficient (Wildman–Crippen LogP) is 3.45. The molecule has 106 valence electrons. The van der Waals surface area contributed by atoms with Gasteiger partial charge in [-0.3, -0.25) is 4.79 Å². The van der Waals surface area contributed by atoms with E-state index in [1.807, 2.05) is 12.3 Å². The Hall–Kier alpha value is -2.27. The van der Waals surface area contributed by atoms with Crippen molar-refractivity contribution in [2.24, 2.45) is 0 Å². The zero-order chi connectivity index (χ0) is 15.0. The van der Waals surface area contributed by atoms with Gasteiger partial charge in [-0.05, 0) is 42.7 Å². The first kappa shape index (κ1) is 13.7. The number of esters is 1. The maximum Gasteiger partial charge on any atom is 0.337 e. The lowest BCUT2D eigenvalue weighted by Crippen LogP contribution is -2.06. The number of carbonyl (C=O) groups is 1. The molecule has 0 saturated carbocycles. The van der Waals surface area contributed by atoms with Crippen molar-refractivity contribution in [2.45, 2.75) is 4.90 Å². The molecule has 1 heterocycles. The van der Waals surface area contributed by atoms with Crippen molar-refractivity contribution >= 4 is 39.7 Å². The lowest BCUT2D eigenvalue weighted by Gasteiger charge is -2.04. The van der Waals surface area contributed by atoms with Crippen molar-refractivity contribution in [1.82, 2.24) is 0 Å². The van der Waals surface area contributed by atoms with E-state index < -0.39 is 5.97 Å². The van der Waals surface area contributed by atoms with Crippen LogP contribution in [0, 0.1) is 0 Å². The van der Waals surface area contributed by atoms with Crippen LogP contribution in [-0.4, -0.2) is 19.3 Å². The van der Waals surface area contributed by atoms with Gasteiger partial charge in [0.25, 0.3) is 0 Å². The second-order valence-corrected chi connectivity index (χ2v) is 5.38. The van der Waals surface area contributed by atoms with E-state index in [2.05, 4.69) is 4.74 Å². The summed E-state index contributed by atoms with van der Waals surface area (Å²) in [5.41, 5.74) is 1.18. The van der Waals surface area contributed by atoms with Gasteiger partial charge in [0.2, 0.25) is 5.43 Å². The number of ether oxygens (including phenoxy) is 1. The topological polar surface area (TPSA) is 56.5 Å². The molecule has 0 bridgehead atoms. The van der Waals surface area contributed by atoms with E-state index in [-0.39, 0.29) is 5.43 Å². The third kappa shape index (κ3) is 2.29. The van der Waals surface area contributed by atoms with Crippen LogP contribution in [0.4, 0.5) is 0 Å². The van der Waals surface area contributed by atoms with Gasteiger partial charge in [0.15, 0.2) is 0 Å². The first-order valence-electron chi connectivity index (χ1n) is 6.27. The van der Waals surface area contributed by atoms with Crippen molar-refractivity contribution in [2.75, 3.05) is 13.4 Å². The van der Waals surface area contributed by atoms with Crippen LogP contribution in [0.3, 0.4) is 0 Å². The molecule has 3 rings (SSSR count). The van der Waals surface area contributed by atoms with E-state index in [0.717, 1.165) is 4.90 Å². The third-order valence-corrected chi connectivity index (χ3v) is 4.02. The summed E-state index contributed by atoms with van der Waals surface area (Å²) in [5.74, 6) is -0.478. The molecule has 5 heteroatoms. The van der Waals surface area contributed by atoms with E-state index >= 15 is 0 Å². The number of hydrogen-bond donors (Lipinski definition) is 0. The van der Waals surface area contributed by atoms with Gasteiger partial charge in [0.1, 0.15) is 11.2 Å². The average molecular weight is 300 g/mol. The molecule has 4 nitrogen and oxygen atoms in total. The lowest BCUT2D eigenvalue weighted by atomic mass is 10.1. The molecule has 0 aliphatic carbocycles. The predicted molar refractivity (Wildman–Crippen MR) is 83.1 cm³/mol. The van der Waals surface area contributed by atoms with E-state index in [4.69, 9.17) is 4.42 Å². The van der Waals surface area contributed by atoms with Crippen LogP contribution in [0.5, 0.6) is 0 Å². The van der Waals surface area contributed by atoms with E-state index in [1.54, 1.807) is 36.0 Å². The number of hydrogen-bond acceptors (Lipinski definition) is 5. The molecule has 0 atom stereocenters. The summed E-state index contributed by atoms with van der Waals surface area (Å²) in [4.78, 5) is 25.2. The van der Waals surface area contributed by atoms with Gasteiger partial charge >= 0.3 is 5.97 Å². The summed E-state index contributed by atoms with van der Waals surface area (Å²) in [6, 6.07) is 10.2. The highest BCUT2D eigenvalue weighted by atomic mass is 32.2. The van der Waals surface area contributed by atoms with Gasteiger partial charge < -0.3 is 9.15 Å². The largest absolute Gasteiger partial charge is 0.465 e. The maximum absolute atomic E-state index is 12.6. The Morgan fingerprint density at radius 1 is 1.10 bits per heavy atom. The Labute approximate surface area is 124 Å². The molecule has 0 fully saturated rings. The van der Waals surface area contributed by atoms with Gasteiger partial charge in [-0.15, -0.1) is 11.8 Å². The number of thioether (sulfide) groups is 1. The standard InChI is InChI=1S/C16H12O4S/c1-19-16(18)9-3-5-13-11(7-9)15(17)12-8-10(21-2)4-6-14(12)20-13/h3-8H,1-2H3. The summed E-state index contributed by atoms with van der Waals surface area (Å²) >= 11 is 1.55. The Balaban J connectivity index is 2.35. The third-order valence-electron chi connectivity index (χ3n) is 3.30. The molecule has 0 amide bonds. The van der Waals surface area contributed by atoms with Gasteiger partial charge in [-0.25, -0.2) is 4.79 Å². The highest BCUT2D eigenvalue weighted by Crippen LogP contribution is 2.24. The number of methoxy groups -OCH3 is 1. The van der Waals surface area contributed by atoms with Crippen molar-refractivity contribution in [3.8, 4) is 0 Å². The summed E-state index contributed by atoms with van der Waals surface area (Å²) in [6.07, 6.45) is 1.94. The minimum atomic E-state index is -0.478. The fourth-order valence-electron chi connectivity index (χ4n) is 2.21. The van der Waals surface area contributed by atoms with Crippen molar-refractivity contribution in [3.05, 3.63) is 52.2 Å². The second-order valence-electron chi connectivity index (χ2n) is 4.50. The molecule has 3 aromatic rings. The van der Waals surface area contributed by atoms with Crippen LogP contribution in [0.1, 0.15) is 10.4 Å². The zero-order valence-electron chi connectivity index (χ0n) is 11.5. The first-order chi connectivity index (χ1) is 10.1. The molecule has 0 spiro atoms. The van der Waals surface area contributed by atoms with Gasteiger partial charge in [-0.1, -0.05) is 0 Å². The van der Waals surface area contributed by atoms with Gasteiger partial charge in [0.05, 0.1) is 23.4 Å². The van der Waals surface area contributed by atoms with E-state index in [0.29, 0.717) is 27.5 Å². The molecule has 2 aromatic carbocycles. The Morgan fingerprint density at radius 2 is 1.76 bits per heavy atom. The molecule has 21 heavy (non-hydrogen) atoms. The van der Waals surface area contributed by atoms with E-state index in [9.17, 15) is 9.59 Å². The number of carbonyl (C=O) groups excluding carboxylic acids is 1. The molecule has 0 unspecified atom stereocenters. The van der Waals surface area contributed by atoms with Crippen LogP contribution in [-0.2, 0) is 4.74 Å². The zero-order valence-corrected chi connectivity index (χ0v) is 12.3. The first-order valence-corrected chi connectivity index (χ1v) is 7.49. The Bertz CT molecular complexity index is 911. The second kappa shape index (κ2) is 5.26. The molecular weight excluding hydrogens is 288 g/mol. The minimum Gasteiger partial charge on any atom is -0.465 e. The maximum atomic E-state index is 12.6. The van der Waals surface area contributed by atoms with E-state index in [1.165, 1.54) is 13.2 Å². The Morgan fingerprint density at radius 3 is 2.43 bits per heavy atom. The molecule has 0 N–H and O–H groups in total. The SMILES string of the molecule is COC(=O)c1ccc2oc3ccc(SC)cc3c(=O)c2c1. The summed E-state index contributed by atoms with van der Waals surface area (Å²) in [7, 11) is 1.31.